The Morgan fingerprint density at radius 2 is 1.52 bits per heavy atom. The highest BCUT2D eigenvalue weighted by Crippen LogP contribution is 2.18. The quantitative estimate of drug-likeness (QED) is 0.688. The molecule has 0 fully saturated rings. The van der Waals surface area contributed by atoms with E-state index in [0.29, 0.717) is 6.42 Å². The summed E-state index contributed by atoms with van der Waals surface area (Å²) in [7, 11) is -3.28. The number of carbonyl (C=O) groups excluding carboxylic acids is 1. The van der Waals surface area contributed by atoms with Gasteiger partial charge in [0, 0.05) is 6.42 Å². The fourth-order valence-electron chi connectivity index (χ4n) is 1.91. The Morgan fingerprint density at radius 3 is 2.00 bits per heavy atom. The highest BCUT2D eigenvalue weighted by atomic mass is 28.4. The summed E-state index contributed by atoms with van der Waals surface area (Å²) >= 11 is 0. The molecule has 0 heterocycles. The van der Waals surface area contributed by atoms with E-state index in [4.69, 9.17) is 8.85 Å². The van der Waals surface area contributed by atoms with Crippen LogP contribution in [0.4, 0.5) is 0 Å². The van der Waals surface area contributed by atoms with Crippen LogP contribution >= 0.6 is 0 Å². The number of carbonyl (C=O) groups is 1. The van der Waals surface area contributed by atoms with Crippen LogP contribution in [-0.2, 0) is 15.6 Å². The molecule has 0 amide bonds. The Labute approximate surface area is 130 Å². The molecule has 0 saturated carbocycles. The Kier molecular flexibility index (Phi) is 6.22. The van der Waals surface area contributed by atoms with Gasteiger partial charge in [-0.3, -0.25) is 4.79 Å². The summed E-state index contributed by atoms with van der Waals surface area (Å²) in [5.74, 6) is 0.879. The monoisotopic (exact) mass is 324 g/mol. The van der Waals surface area contributed by atoms with Crippen molar-refractivity contribution in [1.82, 2.24) is 0 Å². The maximum Gasteiger partial charge on any atom is 0.292 e. The smallest absolute Gasteiger partial charge is 0.292 e. The molecule has 0 saturated heterocycles. The van der Waals surface area contributed by atoms with Crippen LogP contribution in [0.1, 0.15) is 18.4 Å². The molecule has 0 spiro atoms. The first kappa shape index (κ1) is 18.0. The lowest BCUT2D eigenvalue weighted by atomic mass is 10.1. The molecule has 1 rings (SSSR count). The third-order valence-electron chi connectivity index (χ3n) is 2.61. The van der Waals surface area contributed by atoms with Gasteiger partial charge in [0.15, 0.2) is 0 Å². The Hall–Kier alpha value is -1.08. The van der Waals surface area contributed by atoms with Gasteiger partial charge in [0.2, 0.25) is 16.6 Å². The van der Waals surface area contributed by atoms with Crippen LogP contribution in [0.25, 0.3) is 0 Å². The largest absolute Gasteiger partial charge is 0.544 e. The van der Waals surface area contributed by atoms with E-state index in [1.807, 2.05) is 31.8 Å². The van der Waals surface area contributed by atoms with Crippen molar-refractivity contribution in [2.45, 2.75) is 58.5 Å². The van der Waals surface area contributed by atoms with E-state index < -0.39 is 16.6 Å². The molecule has 0 N–H and O–H groups in total. The zero-order chi connectivity index (χ0) is 16.1. The number of hydrogen-bond acceptors (Lipinski definition) is 3. The first-order chi connectivity index (χ1) is 9.55. The summed E-state index contributed by atoms with van der Waals surface area (Å²) < 4.78 is 11.4. The van der Waals surface area contributed by atoms with Crippen LogP contribution in [0.3, 0.4) is 0 Å². The van der Waals surface area contributed by atoms with E-state index in [-0.39, 0.29) is 5.97 Å². The first-order valence-corrected chi connectivity index (χ1v) is 14.4. The lowest BCUT2D eigenvalue weighted by Gasteiger charge is -2.19. The molecule has 118 valence electrons. The van der Waals surface area contributed by atoms with Crippen LogP contribution in [0.15, 0.2) is 24.3 Å². The van der Waals surface area contributed by atoms with E-state index in [9.17, 15) is 4.79 Å². The van der Waals surface area contributed by atoms with Crippen molar-refractivity contribution < 1.29 is 13.6 Å². The van der Waals surface area contributed by atoms with Crippen molar-refractivity contribution in [3.63, 3.8) is 0 Å². The number of aryl methyl sites for hydroxylation is 1. The molecule has 0 aliphatic heterocycles. The molecule has 1 aromatic carbocycles. The average Bonchev–Trinajstić information content (AvgIpc) is 2.27. The molecule has 0 atom stereocenters. The zero-order valence-corrected chi connectivity index (χ0v) is 16.2. The Bertz CT molecular complexity index is 456. The fraction of sp³-hybridized carbons (Fsp3) is 0.562. The second kappa shape index (κ2) is 7.27. The van der Waals surface area contributed by atoms with Crippen LogP contribution < -0.4 is 4.43 Å². The third-order valence-corrected chi connectivity index (χ3v) is 4.30. The molecular weight excluding hydrogens is 296 g/mol. The fourth-order valence-corrected chi connectivity index (χ4v) is 3.54. The number of hydrogen-bond donors (Lipinski definition) is 0. The predicted molar refractivity (Wildman–Crippen MR) is 92.8 cm³/mol. The summed E-state index contributed by atoms with van der Waals surface area (Å²) in [6.45, 7) is 12.6. The van der Waals surface area contributed by atoms with E-state index in [0.717, 1.165) is 18.6 Å². The second-order valence-corrected chi connectivity index (χ2v) is 16.2. The van der Waals surface area contributed by atoms with Crippen LogP contribution in [0, 0.1) is 0 Å². The van der Waals surface area contributed by atoms with E-state index in [1.54, 1.807) is 0 Å². The van der Waals surface area contributed by atoms with Gasteiger partial charge in [0.1, 0.15) is 5.75 Å². The molecule has 0 bridgehead atoms. The second-order valence-electron chi connectivity index (χ2n) is 7.30. The summed E-state index contributed by atoms with van der Waals surface area (Å²) in [6, 6.07) is 8.21. The predicted octanol–water partition coefficient (Wildman–Crippen LogP) is 4.60. The van der Waals surface area contributed by atoms with Crippen molar-refractivity contribution in [2.24, 2.45) is 0 Å². The van der Waals surface area contributed by atoms with Gasteiger partial charge in [-0.1, -0.05) is 12.1 Å². The molecule has 0 aliphatic rings. The van der Waals surface area contributed by atoms with E-state index in [1.165, 1.54) is 5.56 Å². The molecule has 0 radical (unpaired) electrons. The minimum absolute atomic E-state index is 0.0622. The topological polar surface area (TPSA) is 35.5 Å². The highest BCUT2D eigenvalue weighted by Gasteiger charge is 2.19. The van der Waals surface area contributed by atoms with Gasteiger partial charge in [-0.15, -0.1) is 0 Å². The number of benzene rings is 1. The van der Waals surface area contributed by atoms with Gasteiger partial charge in [0.05, 0.1) is 0 Å². The van der Waals surface area contributed by atoms with Crippen LogP contribution in [0.2, 0.25) is 39.3 Å². The number of rotatable bonds is 7. The molecular formula is C16H28O3Si2. The Balaban J connectivity index is 2.38. The lowest BCUT2D eigenvalue weighted by Crippen LogP contribution is -2.29. The van der Waals surface area contributed by atoms with Gasteiger partial charge in [-0.2, -0.15) is 0 Å². The van der Waals surface area contributed by atoms with Gasteiger partial charge in [-0.05, 0) is 69.8 Å². The zero-order valence-electron chi connectivity index (χ0n) is 14.2. The summed E-state index contributed by atoms with van der Waals surface area (Å²) in [5.41, 5.74) is 1.23. The van der Waals surface area contributed by atoms with Gasteiger partial charge < -0.3 is 8.85 Å². The van der Waals surface area contributed by atoms with Crippen molar-refractivity contribution >= 4 is 22.6 Å². The standard InChI is InChI=1S/C16H28O3Si2/c1-20(2,3)18-15-12-10-14(11-13-15)8-7-9-16(17)19-21(4,5)6/h10-13H,7-9H2,1-6H3. The summed E-state index contributed by atoms with van der Waals surface area (Å²) in [5, 5.41) is 0. The minimum atomic E-state index is -1.74. The maximum atomic E-state index is 11.7. The van der Waals surface area contributed by atoms with Gasteiger partial charge in [0.25, 0.3) is 5.97 Å². The van der Waals surface area contributed by atoms with Gasteiger partial charge >= 0.3 is 0 Å². The minimum Gasteiger partial charge on any atom is -0.544 e. The average molecular weight is 325 g/mol. The normalized spacial score (nSPS) is 12.1. The first-order valence-electron chi connectivity index (χ1n) is 7.55. The van der Waals surface area contributed by atoms with Crippen molar-refractivity contribution in [3.8, 4) is 5.75 Å². The third kappa shape index (κ3) is 8.73. The lowest BCUT2D eigenvalue weighted by molar-refractivity contribution is -0.135. The molecule has 21 heavy (non-hydrogen) atoms. The van der Waals surface area contributed by atoms with Crippen molar-refractivity contribution in [1.29, 1.82) is 0 Å². The maximum absolute atomic E-state index is 11.7. The SMILES string of the molecule is C[Si](C)(C)OC(=O)CCCc1ccc(O[Si](C)(C)C)cc1. The van der Waals surface area contributed by atoms with E-state index >= 15 is 0 Å². The van der Waals surface area contributed by atoms with Gasteiger partial charge in [-0.25, -0.2) is 0 Å². The molecule has 0 unspecified atom stereocenters. The molecule has 0 aromatic heterocycles. The molecule has 1 aromatic rings. The van der Waals surface area contributed by atoms with Crippen molar-refractivity contribution in [3.05, 3.63) is 29.8 Å². The molecule has 3 nitrogen and oxygen atoms in total. The molecule has 0 aliphatic carbocycles. The molecule has 5 heteroatoms. The summed E-state index contributed by atoms with van der Waals surface area (Å²) in [6.07, 6.45) is 2.23. The Morgan fingerprint density at radius 1 is 0.952 bits per heavy atom. The highest BCUT2D eigenvalue weighted by molar-refractivity contribution is 6.71. The summed E-state index contributed by atoms with van der Waals surface area (Å²) in [4.78, 5) is 11.7. The van der Waals surface area contributed by atoms with Crippen LogP contribution in [0.5, 0.6) is 5.75 Å². The van der Waals surface area contributed by atoms with Crippen LogP contribution in [-0.4, -0.2) is 22.6 Å². The van der Waals surface area contributed by atoms with E-state index in [2.05, 4.69) is 31.8 Å². The van der Waals surface area contributed by atoms with Crippen molar-refractivity contribution in [2.75, 3.05) is 0 Å².